The van der Waals surface area contributed by atoms with Gasteiger partial charge in [-0.2, -0.15) is 13.2 Å². The molecule has 0 aliphatic carbocycles. The lowest BCUT2D eigenvalue weighted by molar-refractivity contribution is -0.178. The molecule has 10 heteroatoms. The maximum absolute atomic E-state index is 13.9. The predicted octanol–water partition coefficient (Wildman–Crippen LogP) is 6.79. The van der Waals surface area contributed by atoms with Crippen LogP contribution in [0.15, 0.2) is 36.4 Å². The highest BCUT2D eigenvalue weighted by Crippen LogP contribution is 2.39. The summed E-state index contributed by atoms with van der Waals surface area (Å²) < 4.78 is 59.5. The van der Waals surface area contributed by atoms with E-state index in [2.05, 4.69) is 5.32 Å². The number of carbonyl (C=O) groups is 2. The number of rotatable bonds is 8. The Morgan fingerprint density at radius 2 is 1.70 bits per heavy atom. The minimum Gasteiger partial charge on any atom is -0.466 e. The van der Waals surface area contributed by atoms with Crippen LogP contribution in [0.1, 0.15) is 37.8 Å². The van der Waals surface area contributed by atoms with Gasteiger partial charge in [0.25, 0.3) is 0 Å². The van der Waals surface area contributed by atoms with Gasteiger partial charge in [0.1, 0.15) is 5.82 Å². The van der Waals surface area contributed by atoms with E-state index in [0.717, 1.165) is 19.1 Å². The van der Waals surface area contributed by atoms with Gasteiger partial charge in [0.15, 0.2) is 0 Å². The van der Waals surface area contributed by atoms with Gasteiger partial charge in [-0.05, 0) is 48.7 Å². The first-order valence-corrected chi connectivity index (χ1v) is 10.9. The van der Waals surface area contributed by atoms with E-state index in [-0.39, 0.29) is 34.3 Å². The first kappa shape index (κ1) is 26.9. The number of ether oxygens (including phenoxy) is 1. The summed E-state index contributed by atoms with van der Waals surface area (Å²) >= 11 is 11.8. The standard InChI is InChI=1S/C23H23Cl2F4NO3/c1-4-33-22(32)12(2)9-14-5-7-17(25)19(10-14)30-21(31)20(13(3)23(27,28)29)15-6-8-16(24)18(26)11-15/h5-8,10-13,20H,4,9H2,1-3H3,(H,30,31). The van der Waals surface area contributed by atoms with Crippen molar-refractivity contribution in [3.8, 4) is 0 Å². The molecule has 0 bridgehead atoms. The van der Waals surface area contributed by atoms with E-state index < -0.39 is 41.6 Å². The minimum atomic E-state index is -4.72. The molecule has 2 rings (SSSR count). The molecule has 0 spiro atoms. The highest BCUT2D eigenvalue weighted by molar-refractivity contribution is 6.33. The zero-order valence-corrected chi connectivity index (χ0v) is 19.6. The lowest BCUT2D eigenvalue weighted by Gasteiger charge is -2.26. The molecule has 1 N–H and O–H groups in total. The van der Waals surface area contributed by atoms with Gasteiger partial charge in [-0.3, -0.25) is 9.59 Å². The summed E-state index contributed by atoms with van der Waals surface area (Å²) in [4.78, 5) is 24.9. The third-order valence-corrected chi connectivity index (χ3v) is 5.76. The predicted molar refractivity (Wildman–Crippen MR) is 119 cm³/mol. The second kappa shape index (κ2) is 11.2. The maximum atomic E-state index is 13.9. The fourth-order valence-electron chi connectivity index (χ4n) is 3.29. The van der Waals surface area contributed by atoms with E-state index in [0.29, 0.717) is 5.56 Å². The van der Waals surface area contributed by atoms with E-state index >= 15 is 0 Å². The largest absolute Gasteiger partial charge is 0.466 e. The number of hydrogen-bond donors (Lipinski definition) is 1. The molecule has 0 fully saturated rings. The van der Waals surface area contributed by atoms with Crippen LogP contribution in [-0.4, -0.2) is 24.7 Å². The SMILES string of the molecule is CCOC(=O)C(C)Cc1ccc(Cl)c(NC(=O)C(c2ccc(Cl)c(F)c2)C(C)C(F)(F)F)c1. The number of carbonyl (C=O) groups excluding carboxylic acids is 2. The Balaban J connectivity index is 2.35. The van der Waals surface area contributed by atoms with Crippen LogP contribution in [0.25, 0.3) is 0 Å². The van der Waals surface area contributed by atoms with Gasteiger partial charge in [0.2, 0.25) is 5.91 Å². The zero-order valence-electron chi connectivity index (χ0n) is 18.1. The summed E-state index contributed by atoms with van der Waals surface area (Å²) in [6.45, 7) is 4.43. The monoisotopic (exact) mass is 507 g/mol. The number of hydrogen-bond acceptors (Lipinski definition) is 3. The van der Waals surface area contributed by atoms with E-state index in [1.54, 1.807) is 19.9 Å². The summed E-state index contributed by atoms with van der Waals surface area (Å²) in [5.74, 6) is -6.71. The van der Waals surface area contributed by atoms with Crippen molar-refractivity contribution in [3.63, 3.8) is 0 Å². The van der Waals surface area contributed by atoms with Crippen molar-refractivity contribution in [1.29, 1.82) is 0 Å². The average Bonchev–Trinajstić information content (AvgIpc) is 2.72. The molecule has 1 amide bonds. The number of benzene rings is 2. The van der Waals surface area contributed by atoms with Crippen molar-refractivity contribution in [1.82, 2.24) is 0 Å². The number of anilines is 1. The molecule has 2 aromatic carbocycles. The minimum absolute atomic E-state index is 0.0732. The van der Waals surface area contributed by atoms with Crippen molar-refractivity contribution in [2.75, 3.05) is 11.9 Å². The zero-order chi connectivity index (χ0) is 24.9. The first-order valence-electron chi connectivity index (χ1n) is 10.1. The molecule has 3 unspecified atom stereocenters. The first-order chi connectivity index (χ1) is 15.3. The summed E-state index contributed by atoms with van der Waals surface area (Å²) in [5.41, 5.74) is 0.514. The highest BCUT2D eigenvalue weighted by Gasteiger charge is 2.45. The molecule has 0 aliphatic rings. The maximum Gasteiger partial charge on any atom is 0.392 e. The van der Waals surface area contributed by atoms with Crippen LogP contribution in [0.3, 0.4) is 0 Å². The smallest absolute Gasteiger partial charge is 0.392 e. The van der Waals surface area contributed by atoms with Crippen molar-refractivity contribution in [2.24, 2.45) is 11.8 Å². The van der Waals surface area contributed by atoms with Crippen LogP contribution in [0, 0.1) is 17.7 Å². The van der Waals surface area contributed by atoms with Gasteiger partial charge in [0.05, 0.1) is 40.1 Å². The summed E-state index contributed by atoms with van der Waals surface area (Å²) in [5, 5.41) is 2.24. The molecule has 0 heterocycles. The fraction of sp³-hybridized carbons (Fsp3) is 0.391. The van der Waals surface area contributed by atoms with Crippen molar-refractivity contribution < 1.29 is 31.9 Å². The Labute approximate surface area is 199 Å². The highest BCUT2D eigenvalue weighted by atomic mass is 35.5. The molecular formula is C23H23Cl2F4NO3. The Kier molecular flexibility index (Phi) is 9.14. The van der Waals surface area contributed by atoms with Crippen LogP contribution >= 0.6 is 23.2 Å². The van der Waals surface area contributed by atoms with E-state index in [1.807, 2.05) is 0 Å². The second-order valence-corrected chi connectivity index (χ2v) is 8.46. The lowest BCUT2D eigenvalue weighted by Crippen LogP contribution is -2.34. The van der Waals surface area contributed by atoms with Crippen LogP contribution in [0.4, 0.5) is 23.2 Å². The van der Waals surface area contributed by atoms with Crippen molar-refractivity contribution >= 4 is 40.8 Å². The molecule has 2 aromatic rings. The Bertz CT molecular complexity index is 1010. The molecule has 0 aromatic heterocycles. The fourth-order valence-corrected chi connectivity index (χ4v) is 3.57. The Morgan fingerprint density at radius 1 is 1.06 bits per heavy atom. The van der Waals surface area contributed by atoms with Gasteiger partial charge >= 0.3 is 12.1 Å². The second-order valence-electron chi connectivity index (χ2n) is 7.64. The molecule has 0 saturated heterocycles. The average molecular weight is 508 g/mol. The van der Waals surface area contributed by atoms with Gasteiger partial charge in [0, 0.05) is 0 Å². The quantitative estimate of drug-likeness (QED) is 0.316. The van der Waals surface area contributed by atoms with E-state index in [9.17, 15) is 27.2 Å². The molecule has 4 nitrogen and oxygen atoms in total. The number of nitrogens with one attached hydrogen (secondary N) is 1. The van der Waals surface area contributed by atoms with Crippen LogP contribution in [0.5, 0.6) is 0 Å². The van der Waals surface area contributed by atoms with Crippen molar-refractivity contribution in [3.05, 3.63) is 63.4 Å². The number of alkyl halides is 3. The topological polar surface area (TPSA) is 55.4 Å². The van der Waals surface area contributed by atoms with Crippen LogP contribution in [0.2, 0.25) is 10.0 Å². The van der Waals surface area contributed by atoms with Crippen LogP contribution < -0.4 is 5.32 Å². The van der Waals surface area contributed by atoms with E-state index in [4.69, 9.17) is 27.9 Å². The molecule has 3 atom stereocenters. The van der Waals surface area contributed by atoms with Gasteiger partial charge in [-0.25, -0.2) is 4.39 Å². The molecule has 180 valence electrons. The molecular weight excluding hydrogens is 485 g/mol. The van der Waals surface area contributed by atoms with Gasteiger partial charge in [-0.1, -0.05) is 49.2 Å². The molecule has 0 radical (unpaired) electrons. The Hall–Kier alpha value is -2.32. The van der Waals surface area contributed by atoms with Crippen molar-refractivity contribution in [2.45, 2.75) is 39.3 Å². The van der Waals surface area contributed by atoms with E-state index in [1.165, 1.54) is 18.2 Å². The van der Waals surface area contributed by atoms with Gasteiger partial charge in [-0.15, -0.1) is 0 Å². The summed E-state index contributed by atoms with van der Waals surface area (Å²) in [6.07, 6.45) is -4.46. The molecule has 0 aliphatic heterocycles. The Morgan fingerprint density at radius 3 is 2.27 bits per heavy atom. The number of amides is 1. The summed E-state index contributed by atoms with van der Waals surface area (Å²) in [6, 6.07) is 7.67. The lowest BCUT2D eigenvalue weighted by atomic mass is 9.85. The number of esters is 1. The molecule has 33 heavy (non-hydrogen) atoms. The third kappa shape index (κ3) is 7.08. The van der Waals surface area contributed by atoms with Gasteiger partial charge < -0.3 is 10.1 Å². The summed E-state index contributed by atoms with van der Waals surface area (Å²) in [7, 11) is 0. The molecule has 0 saturated carbocycles. The van der Waals surface area contributed by atoms with Crippen LogP contribution in [-0.2, 0) is 20.7 Å². The number of halogens is 6. The normalized spacial score (nSPS) is 14.3. The third-order valence-electron chi connectivity index (χ3n) is 5.12.